The van der Waals surface area contributed by atoms with Gasteiger partial charge in [-0.25, -0.2) is 4.79 Å². The fraction of sp³-hybridized carbons (Fsp3) is 0.643. The highest BCUT2D eigenvalue weighted by atomic mass is 16.2. The summed E-state index contributed by atoms with van der Waals surface area (Å²) in [5.41, 5.74) is 0.0594. The molecule has 1 aliphatic carbocycles. The Labute approximate surface area is 122 Å². The smallest absolute Gasteiger partial charge is 0.332 e. The van der Waals surface area contributed by atoms with Crippen molar-refractivity contribution in [3.05, 3.63) is 20.8 Å². The molecule has 0 bridgehead atoms. The van der Waals surface area contributed by atoms with Gasteiger partial charge in [0.15, 0.2) is 11.2 Å². The second-order valence-corrected chi connectivity index (χ2v) is 5.87. The van der Waals surface area contributed by atoms with Crippen LogP contribution in [0.25, 0.3) is 11.2 Å². The molecule has 21 heavy (non-hydrogen) atoms. The molecule has 2 heterocycles. The molecule has 0 spiro atoms. The first-order valence-electron chi connectivity index (χ1n) is 7.47. The van der Waals surface area contributed by atoms with E-state index in [0.717, 1.165) is 11.1 Å². The third kappa shape index (κ3) is 2.48. The monoisotopic (exact) mass is 291 g/mol. The molecule has 1 saturated carbocycles. The fourth-order valence-corrected chi connectivity index (χ4v) is 3.04. The molecule has 7 nitrogen and oxygen atoms in total. The summed E-state index contributed by atoms with van der Waals surface area (Å²) < 4.78 is 2.48. The summed E-state index contributed by atoms with van der Waals surface area (Å²) in [7, 11) is 3.09. The lowest BCUT2D eigenvalue weighted by Crippen LogP contribution is -2.36. The number of rotatable bonds is 3. The van der Waals surface area contributed by atoms with Crippen LogP contribution in [0.15, 0.2) is 9.59 Å². The van der Waals surface area contributed by atoms with Crippen molar-refractivity contribution in [2.24, 2.45) is 20.0 Å². The van der Waals surface area contributed by atoms with E-state index < -0.39 is 0 Å². The molecular weight excluding hydrogens is 270 g/mol. The Morgan fingerprint density at radius 2 is 1.90 bits per heavy atom. The third-order valence-corrected chi connectivity index (χ3v) is 4.38. The van der Waals surface area contributed by atoms with E-state index in [4.69, 9.17) is 0 Å². The van der Waals surface area contributed by atoms with Crippen LogP contribution in [-0.4, -0.2) is 25.6 Å². The van der Waals surface area contributed by atoms with Gasteiger partial charge in [0.05, 0.1) is 0 Å². The van der Waals surface area contributed by atoms with Crippen LogP contribution < -0.4 is 16.6 Å². The Hall–Kier alpha value is -2.05. The Morgan fingerprint density at radius 1 is 1.19 bits per heavy atom. The highest BCUT2D eigenvalue weighted by molar-refractivity contribution is 5.72. The van der Waals surface area contributed by atoms with E-state index in [0.29, 0.717) is 23.0 Å². The summed E-state index contributed by atoms with van der Waals surface area (Å²) in [6.07, 6.45) is 6.41. The second-order valence-electron chi connectivity index (χ2n) is 5.87. The maximum atomic E-state index is 12.1. The molecule has 2 N–H and O–H groups in total. The molecule has 0 saturated heterocycles. The maximum absolute atomic E-state index is 12.1. The lowest BCUT2D eigenvalue weighted by atomic mass is 9.89. The quantitative estimate of drug-likeness (QED) is 0.882. The van der Waals surface area contributed by atoms with E-state index in [2.05, 4.69) is 15.3 Å². The minimum atomic E-state index is -0.363. The van der Waals surface area contributed by atoms with Crippen LogP contribution in [0.2, 0.25) is 0 Å². The number of nitrogens with one attached hydrogen (secondary N) is 2. The fourth-order valence-electron chi connectivity index (χ4n) is 3.04. The molecule has 0 radical (unpaired) electrons. The Balaban J connectivity index is 1.87. The number of aryl methyl sites for hydroxylation is 1. The SMILES string of the molecule is Cn1c(=O)c2[nH]c(NCC3CCCCC3)nc2n(C)c1=O. The van der Waals surface area contributed by atoms with Gasteiger partial charge in [-0.1, -0.05) is 19.3 Å². The molecule has 0 aromatic carbocycles. The van der Waals surface area contributed by atoms with E-state index in [1.807, 2.05) is 0 Å². The van der Waals surface area contributed by atoms with Crippen molar-refractivity contribution in [1.29, 1.82) is 0 Å². The number of imidazole rings is 1. The average molecular weight is 291 g/mol. The number of H-pyrrole nitrogens is 1. The number of aromatic amines is 1. The number of hydrogen-bond acceptors (Lipinski definition) is 4. The largest absolute Gasteiger partial charge is 0.355 e. The second kappa shape index (κ2) is 5.38. The van der Waals surface area contributed by atoms with Crippen LogP contribution in [0.3, 0.4) is 0 Å². The van der Waals surface area contributed by atoms with Gasteiger partial charge >= 0.3 is 5.69 Å². The molecular formula is C14H21N5O2. The summed E-state index contributed by atoms with van der Waals surface area (Å²) in [4.78, 5) is 31.3. The van der Waals surface area contributed by atoms with Crippen molar-refractivity contribution in [3.8, 4) is 0 Å². The first-order chi connectivity index (χ1) is 10.1. The Bertz CT molecular complexity index is 764. The minimum Gasteiger partial charge on any atom is -0.355 e. The summed E-state index contributed by atoms with van der Waals surface area (Å²) in [6, 6.07) is 0. The van der Waals surface area contributed by atoms with Crippen LogP contribution in [0.5, 0.6) is 0 Å². The zero-order valence-electron chi connectivity index (χ0n) is 12.5. The van der Waals surface area contributed by atoms with E-state index in [9.17, 15) is 9.59 Å². The van der Waals surface area contributed by atoms with Crippen LogP contribution in [-0.2, 0) is 14.1 Å². The zero-order valence-corrected chi connectivity index (χ0v) is 12.5. The number of anilines is 1. The standard InChI is InChI=1S/C14H21N5O2/c1-18-11-10(12(20)19(2)14(18)21)16-13(17-11)15-8-9-6-4-3-5-7-9/h9H,3-8H2,1-2H3,(H2,15,16,17). The van der Waals surface area contributed by atoms with Gasteiger partial charge in [-0.3, -0.25) is 13.9 Å². The van der Waals surface area contributed by atoms with Gasteiger partial charge in [0.1, 0.15) is 0 Å². The lowest BCUT2D eigenvalue weighted by molar-refractivity contribution is 0.373. The summed E-state index contributed by atoms with van der Waals surface area (Å²) in [5.74, 6) is 1.23. The van der Waals surface area contributed by atoms with Crippen molar-refractivity contribution >= 4 is 17.1 Å². The number of nitrogens with zero attached hydrogens (tertiary/aromatic N) is 3. The highest BCUT2D eigenvalue weighted by Gasteiger charge is 2.16. The lowest BCUT2D eigenvalue weighted by Gasteiger charge is -2.21. The van der Waals surface area contributed by atoms with Gasteiger partial charge in [0, 0.05) is 20.6 Å². The number of aromatic nitrogens is 4. The van der Waals surface area contributed by atoms with Gasteiger partial charge in [0.2, 0.25) is 5.95 Å². The third-order valence-electron chi connectivity index (χ3n) is 4.38. The van der Waals surface area contributed by atoms with Gasteiger partial charge in [0.25, 0.3) is 5.56 Å². The van der Waals surface area contributed by atoms with Crippen LogP contribution in [0.4, 0.5) is 5.95 Å². The molecule has 7 heteroatoms. The maximum Gasteiger partial charge on any atom is 0.332 e. The van der Waals surface area contributed by atoms with Crippen molar-refractivity contribution in [1.82, 2.24) is 19.1 Å². The van der Waals surface area contributed by atoms with Gasteiger partial charge in [-0.05, 0) is 18.8 Å². The van der Waals surface area contributed by atoms with E-state index in [-0.39, 0.29) is 11.2 Å². The van der Waals surface area contributed by atoms with Crippen LogP contribution >= 0.6 is 0 Å². The highest BCUT2D eigenvalue weighted by Crippen LogP contribution is 2.23. The first kappa shape index (κ1) is 13.9. The molecule has 2 aromatic heterocycles. The normalized spacial score (nSPS) is 16.5. The summed E-state index contributed by atoms with van der Waals surface area (Å²) in [6.45, 7) is 0.855. The topological polar surface area (TPSA) is 84.7 Å². The van der Waals surface area contributed by atoms with Crippen LogP contribution in [0, 0.1) is 5.92 Å². The molecule has 1 aliphatic rings. The molecule has 3 rings (SSSR count). The van der Waals surface area contributed by atoms with Crippen molar-refractivity contribution in [2.45, 2.75) is 32.1 Å². The van der Waals surface area contributed by atoms with Gasteiger partial charge < -0.3 is 10.3 Å². The molecule has 0 unspecified atom stereocenters. The molecule has 2 aromatic rings. The number of hydrogen-bond donors (Lipinski definition) is 2. The van der Waals surface area contributed by atoms with Crippen molar-refractivity contribution in [2.75, 3.05) is 11.9 Å². The van der Waals surface area contributed by atoms with E-state index >= 15 is 0 Å². The molecule has 0 aliphatic heterocycles. The zero-order chi connectivity index (χ0) is 15.0. The minimum absolute atomic E-state index is 0.341. The van der Waals surface area contributed by atoms with Gasteiger partial charge in [-0.2, -0.15) is 4.98 Å². The number of fused-ring (bicyclic) bond motifs is 1. The Kier molecular flexibility index (Phi) is 3.57. The Morgan fingerprint density at radius 3 is 2.62 bits per heavy atom. The summed E-state index contributed by atoms with van der Waals surface area (Å²) >= 11 is 0. The predicted octanol–water partition coefficient (Wildman–Crippen LogP) is 0.952. The molecule has 114 valence electrons. The predicted molar refractivity (Wildman–Crippen MR) is 81.6 cm³/mol. The molecule has 1 fully saturated rings. The average Bonchev–Trinajstić information content (AvgIpc) is 2.94. The molecule has 0 atom stereocenters. The van der Waals surface area contributed by atoms with E-state index in [1.54, 1.807) is 7.05 Å². The van der Waals surface area contributed by atoms with Crippen molar-refractivity contribution in [3.63, 3.8) is 0 Å². The van der Waals surface area contributed by atoms with E-state index in [1.165, 1.54) is 43.7 Å². The van der Waals surface area contributed by atoms with Crippen LogP contribution in [0.1, 0.15) is 32.1 Å². The molecule has 0 amide bonds. The van der Waals surface area contributed by atoms with Crippen molar-refractivity contribution < 1.29 is 0 Å². The first-order valence-corrected chi connectivity index (χ1v) is 7.47. The van der Waals surface area contributed by atoms with Gasteiger partial charge in [-0.15, -0.1) is 0 Å². The summed E-state index contributed by atoms with van der Waals surface area (Å²) in [5, 5.41) is 3.27.